The van der Waals surface area contributed by atoms with E-state index in [0.717, 1.165) is 0 Å². The highest BCUT2D eigenvalue weighted by Crippen LogP contribution is 2.12. The summed E-state index contributed by atoms with van der Waals surface area (Å²) >= 11 is 0. The van der Waals surface area contributed by atoms with Gasteiger partial charge in [-0.3, -0.25) is 4.99 Å². The molecule has 4 nitrogen and oxygen atoms in total. The van der Waals surface area contributed by atoms with Crippen molar-refractivity contribution in [3.05, 3.63) is 66.0 Å². The van der Waals surface area contributed by atoms with Gasteiger partial charge in [0.1, 0.15) is 17.7 Å². The molecule has 0 aromatic heterocycles. The van der Waals surface area contributed by atoms with Gasteiger partial charge in [0.15, 0.2) is 5.96 Å². The van der Waals surface area contributed by atoms with Gasteiger partial charge in [-0.2, -0.15) is 0 Å². The minimum atomic E-state index is -0.270. The summed E-state index contributed by atoms with van der Waals surface area (Å²) in [6.07, 6.45) is -0.0734. The SMILES string of the molecule is CN=C(NCc1ccccc1)NCC(C)Oc1ccc(F)cc1.I. The molecule has 0 amide bonds. The van der Waals surface area contributed by atoms with Gasteiger partial charge in [-0.15, -0.1) is 24.0 Å². The minimum absolute atomic E-state index is 0. The molecule has 24 heavy (non-hydrogen) atoms. The Balaban J connectivity index is 0.00000288. The molecule has 2 rings (SSSR count). The van der Waals surface area contributed by atoms with Gasteiger partial charge in [0.2, 0.25) is 0 Å². The lowest BCUT2D eigenvalue weighted by Gasteiger charge is -2.17. The molecule has 130 valence electrons. The molecule has 0 bridgehead atoms. The number of nitrogens with zero attached hydrogens (tertiary/aromatic N) is 1. The molecular weight excluding hydrogens is 420 g/mol. The van der Waals surface area contributed by atoms with Crippen LogP contribution in [0.25, 0.3) is 0 Å². The molecule has 0 fully saturated rings. The number of hydrogen-bond donors (Lipinski definition) is 2. The van der Waals surface area contributed by atoms with Crippen molar-refractivity contribution in [1.29, 1.82) is 0 Å². The van der Waals surface area contributed by atoms with Gasteiger partial charge < -0.3 is 15.4 Å². The molecule has 0 spiro atoms. The topological polar surface area (TPSA) is 45.7 Å². The Morgan fingerprint density at radius 2 is 1.75 bits per heavy atom. The fraction of sp³-hybridized carbons (Fsp3) is 0.278. The van der Waals surface area contributed by atoms with E-state index in [1.165, 1.54) is 17.7 Å². The van der Waals surface area contributed by atoms with Crippen LogP contribution < -0.4 is 15.4 Å². The van der Waals surface area contributed by atoms with Crippen LogP contribution in [0.4, 0.5) is 4.39 Å². The van der Waals surface area contributed by atoms with Crippen LogP contribution in [0.1, 0.15) is 12.5 Å². The molecule has 0 aliphatic carbocycles. The van der Waals surface area contributed by atoms with Crippen molar-refractivity contribution >= 4 is 29.9 Å². The van der Waals surface area contributed by atoms with Crippen molar-refractivity contribution in [2.24, 2.45) is 4.99 Å². The molecule has 2 aromatic carbocycles. The molecule has 0 heterocycles. The smallest absolute Gasteiger partial charge is 0.191 e. The first-order chi connectivity index (χ1) is 11.2. The van der Waals surface area contributed by atoms with Crippen LogP contribution in [-0.2, 0) is 6.54 Å². The number of guanidine groups is 1. The summed E-state index contributed by atoms with van der Waals surface area (Å²) in [5, 5.41) is 6.46. The highest BCUT2D eigenvalue weighted by Gasteiger charge is 2.06. The predicted molar refractivity (Wildman–Crippen MR) is 107 cm³/mol. The average Bonchev–Trinajstić information content (AvgIpc) is 2.58. The third-order valence-corrected chi connectivity index (χ3v) is 3.23. The molecule has 2 N–H and O–H groups in total. The minimum Gasteiger partial charge on any atom is -0.489 e. The maximum atomic E-state index is 12.9. The highest BCUT2D eigenvalue weighted by molar-refractivity contribution is 14.0. The van der Waals surface area contributed by atoms with Gasteiger partial charge in [-0.25, -0.2) is 4.39 Å². The van der Waals surface area contributed by atoms with Crippen molar-refractivity contribution in [2.75, 3.05) is 13.6 Å². The standard InChI is InChI=1S/C18H22FN3O.HI/c1-14(23-17-10-8-16(19)9-11-17)12-21-18(20-2)22-13-15-6-4-3-5-7-15;/h3-11,14H,12-13H2,1-2H3,(H2,20,21,22);1H. The van der Waals surface area contributed by atoms with Gasteiger partial charge >= 0.3 is 0 Å². The second-order valence-electron chi connectivity index (χ2n) is 5.17. The van der Waals surface area contributed by atoms with E-state index in [1.807, 2.05) is 25.1 Å². The lowest BCUT2D eigenvalue weighted by Crippen LogP contribution is -2.41. The zero-order valence-electron chi connectivity index (χ0n) is 13.8. The second kappa shape index (κ2) is 10.9. The summed E-state index contributed by atoms with van der Waals surface area (Å²) in [6.45, 7) is 3.24. The molecule has 0 aliphatic heterocycles. The summed E-state index contributed by atoms with van der Waals surface area (Å²) in [5.41, 5.74) is 1.19. The molecular formula is C18H23FIN3O. The second-order valence-corrected chi connectivity index (χ2v) is 5.17. The van der Waals surface area contributed by atoms with Gasteiger partial charge in [-0.05, 0) is 36.8 Å². The summed E-state index contributed by atoms with van der Waals surface area (Å²) in [7, 11) is 1.73. The van der Waals surface area contributed by atoms with Crippen molar-refractivity contribution < 1.29 is 9.13 Å². The first-order valence-electron chi connectivity index (χ1n) is 7.58. The van der Waals surface area contributed by atoms with Gasteiger partial charge in [0.05, 0.1) is 6.54 Å². The number of halogens is 2. The number of aliphatic imine (C=N–C) groups is 1. The molecule has 0 aliphatic rings. The molecule has 0 saturated heterocycles. The lowest BCUT2D eigenvalue weighted by atomic mass is 10.2. The fourth-order valence-electron chi connectivity index (χ4n) is 2.03. The summed E-state index contributed by atoms with van der Waals surface area (Å²) in [6, 6.07) is 16.1. The Bertz CT molecular complexity index is 620. The fourth-order valence-corrected chi connectivity index (χ4v) is 2.03. The Morgan fingerprint density at radius 3 is 2.38 bits per heavy atom. The summed E-state index contributed by atoms with van der Waals surface area (Å²) in [4.78, 5) is 4.18. The van der Waals surface area contributed by atoms with Crippen LogP contribution in [-0.4, -0.2) is 25.7 Å². The van der Waals surface area contributed by atoms with Gasteiger partial charge in [0.25, 0.3) is 0 Å². The van der Waals surface area contributed by atoms with E-state index in [0.29, 0.717) is 24.8 Å². The summed E-state index contributed by atoms with van der Waals surface area (Å²) in [5.74, 6) is 1.09. The lowest BCUT2D eigenvalue weighted by molar-refractivity contribution is 0.223. The van der Waals surface area contributed by atoms with E-state index in [9.17, 15) is 4.39 Å². The van der Waals surface area contributed by atoms with Crippen LogP contribution in [0, 0.1) is 5.82 Å². The Hall–Kier alpha value is -1.83. The van der Waals surface area contributed by atoms with Gasteiger partial charge in [0, 0.05) is 13.6 Å². The van der Waals surface area contributed by atoms with E-state index in [1.54, 1.807) is 19.2 Å². The molecule has 1 unspecified atom stereocenters. The molecule has 2 aromatic rings. The monoisotopic (exact) mass is 443 g/mol. The van der Waals surface area contributed by atoms with Gasteiger partial charge in [-0.1, -0.05) is 30.3 Å². The summed E-state index contributed by atoms with van der Waals surface area (Å²) < 4.78 is 18.6. The number of rotatable bonds is 6. The third-order valence-electron chi connectivity index (χ3n) is 3.23. The van der Waals surface area contributed by atoms with Crippen LogP contribution in [0.2, 0.25) is 0 Å². The van der Waals surface area contributed by atoms with E-state index in [4.69, 9.17) is 4.74 Å². The predicted octanol–water partition coefficient (Wildman–Crippen LogP) is 3.58. The zero-order valence-corrected chi connectivity index (χ0v) is 16.2. The van der Waals surface area contributed by atoms with Crippen molar-refractivity contribution in [1.82, 2.24) is 10.6 Å². The van der Waals surface area contributed by atoms with E-state index in [-0.39, 0.29) is 35.9 Å². The van der Waals surface area contributed by atoms with Crippen LogP contribution in [0.5, 0.6) is 5.75 Å². The average molecular weight is 443 g/mol. The third kappa shape index (κ3) is 7.16. The van der Waals surface area contributed by atoms with Crippen molar-refractivity contribution in [3.8, 4) is 5.75 Å². The van der Waals surface area contributed by atoms with Crippen LogP contribution >= 0.6 is 24.0 Å². The Labute approximate surface area is 159 Å². The Morgan fingerprint density at radius 1 is 1.08 bits per heavy atom. The molecule has 0 saturated carbocycles. The molecule has 1 atom stereocenters. The Kier molecular flexibility index (Phi) is 9.14. The van der Waals surface area contributed by atoms with E-state index < -0.39 is 0 Å². The van der Waals surface area contributed by atoms with Crippen molar-refractivity contribution in [3.63, 3.8) is 0 Å². The maximum Gasteiger partial charge on any atom is 0.191 e. The maximum absolute atomic E-state index is 12.9. The first kappa shape index (κ1) is 20.2. The number of ether oxygens (including phenoxy) is 1. The van der Waals surface area contributed by atoms with E-state index in [2.05, 4.69) is 27.8 Å². The highest BCUT2D eigenvalue weighted by atomic mass is 127. The number of nitrogens with one attached hydrogen (secondary N) is 2. The number of benzene rings is 2. The largest absolute Gasteiger partial charge is 0.489 e. The zero-order chi connectivity index (χ0) is 16.5. The quantitative estimate of drug-likeness (QED) is 0.408. The first-order valence-corrected chi connectivity index (χ1v) is 7.58. The normalized spacial score (nSPS) is 12.0. The number of hydrogen-bond acceptors (Lipinski definition) is 2. The van der Waals surface area contributed by atoms with E-state index >= 15 is 0 Å². The van der Waals surface area contributed by atoms with Crippen LogP contribution in [0.3, 0.4) is 0 Å². The van der Waals surface area contributed by atoms with Crippen molar-refractivity contribution in [2.45, 2.75) is 19.6 Å². The molecule has 6 heteroatoms. The van der Waals surface area contributed by atoms with Crippen LogP contribution in [0.15, 0.2) is 59.6 Å². The molecule has 0 radical (unpaired) electrons.